The fraction of sp³-hybridized carbons (Fsp3) is 0.190. The van der Waals surface area contributed by atoms with Crippen LogP contribution < -0.4 is 15.4 Å². The van der Waals surface area contributed by atoms with Crippen LogP contribution in [0.5, 0.6) is 5.75 Å². The lowest BCUT2D eigenvalue weighted by Gasteiger charge is -2.10. The Morgan fingerprint density at radius 3 is 2.86 bits per heavy atom. The lowest BCUT2D eigenvalue weighted by atomic mass is 10.1. The van der Waals surface area contributed by atoms with Crippen LogP contribution in [-0.4, -0.2) is 29.5 Å². The quantitative estimate of drug-likeness (QED) is 0.627. The van der Waals surface area contributed by atoms with Crippen molar-refractivity contribution in [1.82, 2.24) is 15.3 Å². The predicted octanol–water partition coefficient (Wildman–Crippen LogP) is 4.16. The van der Waals surface area contributed by atoms with Gasteiger partial charge in [-0.15, -0.1) is 0 Å². The van der Waals surface area contributed by atoms with Gasteiger partial charge in [-0.25, -0.2) is 9.97 Å². The highest BCUT2D eigenvalue weighted by Crippen LogP contribution is 2.22. The van der Waals surface area contributed by atoms with E-state index in [1.54, 1.807) is 25.4 Å². The zero-order valence-electron chi connectivity index (χ0n) is 15.7. The van der Waals surface area contributed by atoms with Crippen LogP contribution in [0, 0.1) is 6.92 Å². The Morgan fingerprint density at radius 1 is 1.18 bits per heavy atom. The first kappa shape index (κ1) is 19.6. The summed E-state index contributed by atoms with van der Waals surface area (Å²) in [6.07, 6.45) is 2.24. The van der Waals surface area contributed by atoms with Crippen LogP contribution in [0.1, 0.15) is 21.6 Å². The summed E-state index contributed by atoms with van der Waals surface area (Å²) >= 11 is 6.04. The third-order valence-electron chi connectivity index (χ3n) is 4.17. The molecular weight excluding hydrogens is 376 g/mol. The van der Waals surface area contributed by atoms with E-state index >= 15 is 0 Å². The van der Waals surface area contributed by atoms with Gasteiger partial charge in [0.15, 0.2) is 0 Å². The summed E-state index contributed by atoms with van der Waals surface area (Å²) in [5.41, 5.74) is 3.17. The van der Waals surface area contributed by atoms with Crippen molar-refractivity contribution in [2.45, 2.75) is 13.3 Å². The van der Waals surface area contributed by atoms with Gasteiger partial charge in [0.05, 0.1) is 7.11 Å². The minimum atomic E-state index is -0.254. The van der Waals surface area contributed by atoms with Crippen molar-refractivity contribution >= 4 is 29.1 Å². The Morgan fingerprint density at radius 2 is 2.04 bits per heavy atom. The number of aromatic nitrogens is 2. The SMILES string of the molecule is COc1cccc(CCNC(=O)c2ccnc(Nc3cc(Cl)ccc3C)n2)c1. The number of ether oxygens (including phenoxy) is 1. The van der Waals surface area contributed by atoms with Gasteiger partial charge in [-0.05, 0) is 54.8 Å². The van der Waals surface area contributed by atoms with Crippen molar-refractivity contribution in [2.75, 3.05) is 19.0 Å². The van der Waals surface area contributed by atoms with E-state index in [2.05, 4.69) is 20.6 Å². The number of benzene rings is 2. The second-order valence-electron chi connectivity index (χ2n) is 6.21. The Kier molecular flexibility index (Phi) is 6.45. The van der Waals surface area contributed by atoms with Gasteiger partial charge >= 0.3 is 0 Å². The number of amides is 1. The van der Waals surface area contributed by atoms with Crippen molar-refractivity contribution < 1.29 is 9.53 Å². The summed E-state index contributed by atoms with van der Waals surface area (Å²) in [4.78, 5) is 20.9. The second kappa shape index (κ2) is 9.19. The van der Waals surface area contributed by atoms with Crippen LogP contribution in [0.15, 0.2) is 54.7 Å². The van der Waals surface area contributed by atoms with Gasteiger partial charge in [0, 0.05) is 23.5 Å². The first-order valence-corrected chi connectivity index (χ1v) is 9.20. The van der Waals surface area contributed by atoms with E-state index in [1.165, 1.54) is 0 Å². The van der Waals surface area contributed by atoms with E-state index in [1.807, 2.05) is 43.3 Å². The highest BCUT2D eigenvalue weighted by atomic mass is 35.5. The maximum atomic E-state index is 12.4. The van der Waals surface area contributed by atoms with E-state index in [9.17, 15) is 4.79 Å². The summed E-state index contributed by atoms with van der Waals surface area (Å²) < 4.78 is 5.21. The normalized spacial score (nSPS) is 10.4. The standard InChI is InChI=1S/C21H21ClN4O2/c1-14-6-7-16(22)13-19(14)26-21-24-11-9-18(25-21)20(27)23-10-8-15-4-3-5-17(12-15)28-2/h3-7,9,11-13H,8,10H2,1-2H3,(H,23,27)(H,24,25,26). The molecule has 28 heavy (non-hydrogen) atoms. The summed E-state index contributed by atoms with van der Waals surface area (Å²) in [6, 6.07) is 14.9. The van der Waals surface area contributed by atoms with Crippen LogP contribution in [0.25, 0.3) is 0 Å². The first-order valence-electron chi connectivity index (χ1n) is 8.82. The molecule has 6 nitrogen and oxygen atoms in total. The molecule has 0 saturated carbocycles. The molecule has 0 radical (unpaired) electrons. The fourth-order valence-electron chi connectivity index (χ4n) is 2.63. The zero-order valence-corrected chi connectivity index (χ0v) is 16.5. The Hall–Kier alpha value is -3.12. The van der Waals surface area contributed by atoms with E-state index in [0.717, 1.165) is 22.6 Å². The van der Waals surface area contributed by atoms with Crippen LogP contribution in [0.3, 0.4) is 0 Å². The smallest absolute Gasteiger partial charge is 0.270 e. The average molecular weight is 397 g/mol. The molecule has 0 aliphatic carbocycles. The summed E-state index contributed by atoms with van der Waals surface area (Å²) in [5.74, 6) is 0.883. The van der Waals surface area contributed by atoms with Crippen molar-refractivity contribution in [3.05, 3.63) is 76.6 Å². The number of aryl methyl sites for hydroxylation is 1. The lowest BCUT2D eigenvalue weighted by Crippen LogP contribution is -2.26. The molecule has 0 saturated heterocycles. The van der Waals surface area contributed by atoms with Crippen molar-refractivity contribution in [3.63, 3.8) is 0 Å². The molecule has 1 amide bonds. The van der Waals surface area contributed by atoms with Gasteiger partial charge in [-0.1, -0.05) is 29.8 Å². The first-order chi connectivity index (χ1) is 13.5. The van der Waals surface area contributed by atoms with E-state index in [0.29, 0.717) is 29.6 Å². The number of nitrogens with one attached hydrogen (secondary N) is 2. The third kappa shape index (κ3) is 5.20. The monoisotopic (exact) mass is 396 g/mol. The Labute approximate surface area is 168 Å². The highest BCUT2D eigenvalue weighted by Gasteiger charge is 2.10. The Balaban J connectivity index is 1.61. The number of halogens is 1. The number of hydrogen-bond acceptors (Lipinski definition) is 5. The van der Waals surface area contributed by atoms with E-state index in [4.69, 9.17) is 16.3 Å². The highest BCUT2D eigenvalue weighted by molar-refractivity contribution is 6.30. The minimum absolute atomic E-state index is 0.254. The fourth-order valence-corrected chi connectivity index (χ4v) is 2.81. The number of hydrogen-bond donors (Lipinski definition) is 2. The van der Waals surface area contributed by atoms with Crippen LogP contribution in [0.2, 0.25) is 5.02 Å². The molecule has 0 unspecified atom stereocenters. The molecule has 144 valence electrons. The molecule has 0 aliphatic rings. The molecule has 3 rings (SSSR count). The Bertz CT molecular complexity index is 978. The molecule has 3 aromatic rings. The second-order valence-corrected chi connectivity index (χ2v) is 6.64. The molecule has 0 fully saturated rings. The molecule has 1 aromatic heterocycles. The van der Waals surface area contributed by atoms with Gasteiger partial charge in [-0.3, -0.25) is 4.79 Å². The van der Waals surface area contributed by atoms with Gasteiger partial charge in [-0.2, -0.15) is 0 Å². The number of nitrogens with zero attached hydrogens (tertiary/aromatic N) is 2. The average Bonchev–Trinajstić information content (AvgIpc) is 2.71. The largest absolute Gasteiger partial charge is 0.497 e. The number of methoxy groups -OCH3 is 1. The summed E-state index contributed by atoms with van der Waals surface area (Å²) in [6.45, 7) is 2.44. The van der Waals surface area contributed by atoms with Crippen LogP contribution >= 0.6 is 11.6 Å². The summed E-state index contributed by atoms with van der Waals surface area (Å²) in [5, 5.41) is 6.59. The maximum Gasteiger partial charge on any atom is 0.270 e. The molecule has 2 N–H and O–H groups in total. The van der Waals surface area contributed by atoms with Gasteiger partial charge in [0.1, 0.15) is 11.4 Å². The number of anilines is 2. The maximum absolute atomic E-state index is 12.4. The van der Waals surface area contributed by atoms with Gasteiger partial charge < -0.3 is 15.4 Å². The van der Waals surface area contributed by atoms with Crippen LogP contribution in [-0.2, 0) is 6.42 Å². The number of rotatable bonds is 7. The van der Waals surface area contributed by atoms with Crippen molar-refractivity contribution in [2.24, 2.45) is 0 Å². The third-order valence-corrected chi connectivity index (χ3v) is 4.40. The predicted molar refractivity (Wildman–Crippen MR) is 111 cm³/mol. The molecule has 1 heterocycles. The molecule has 0 aliphatic heterocycles. The molecule has 2 aromatic carbocycles. The van der Waals surface area contributed by atoms with E-state index < -0.39 is 0 Å². The molecule has 0 atom stereocenters. The minimum Gasteiger partial charge on any atom is -0.497 e. The molecule has 0 bridgehead atoms. The van der Waals surface area contributed by atoms with Crippen LogP contribution in [0.4, 0.5) is 11.6 Å². The molecular formula is C21H21ClN4O2. The number of carbonyl (C=O) groups excluding carboxylic acids is 1. The topological polar surface area (TPSA) is 76.1 Å². The lowest BCUT2D eigenvalue weighted by molar-refractivity contribution is 0.0949. The summed E-state index contributed by atoms with van der Waals surface area (Å²) in [7, 11) is 1.63. The van der Waals surface area contributed by atoms with Crippen molar-refractivity contribution in [3.8, 4) is 5.75 Å². The number of carbonyl (C=O) groups is 1. The van der Waals surface area contributed by atoms with Gasteiger partial charge in [0.25, 0.3) is 5.91 Å². The van der Waals surface area contributed by atoms with Gasteiger partial charge in [0.2, 0.25) is 5.95 Å². The van der Waals surface area contributed by atoms with E-state index in [-0.39, 0.29) is 5.91 Å². The molecule has 7 heteroatoms. The zero-order chi connectivity index (χ0) is 19.9. The molecule has 0 spiro atoms. The van der Waals surface area contributed by atoms with Crippen molar-refractivity contribution in [1.29, 1.82) is 0 Å².